The summed E-state index contributed by atoms with van der Waals surface area (Å²) in [5.74, 6) is -0.439. The maximum atomic E-state index is 14.3. The second kappa shape index (κ2) is 9.98. The number of morpholine rings is 1. The van der Waals surface area contributed by atoms with Gasteiger partial charge in [0.1, 0.15) is 5.82 Å². The zero-order valence-corrected chi connectivity index (χ0v) is 18.3. The summed E-state index contributed by atoms with van der Waals surface area (Å²) in [5.41, 5.74) is 2.72. The van der Waals surface area contributed by atoms with E-state index < -0.39 is 0 Å². The lowest BCUT2D eigenvalue weighted by atomic mass is 10.1. The van der Waals surface area contributed by atoms with Gasteiger partial charge in [-0.2, -0.15) is 5.26 Å². The van der Waals surface area contributed by atoms with Gasteiger partial charge in [-0.15, -0.1) is 0 Å². The first-order chi connectivity index (χ1) is 15.5. The van der Waals surface area contributed by atoms with Crippen LogP contribution in [0.5, 0.6) is 0 Å². The minimum atomic E-state index is -0.385. The van der Waals surface area contributed by atoms with E-state index in [0.717, 1.165) is 37.7 Å². The van der Waals surface area contributed by atoms with Crippen molar-refractivity contribution in [3.8, 4) is 6.07 Å². The van der Waals surface area contributed by atoms with Crippen LogP contribution in [-0.4, -0.2) is 69.3 Å². The fourth-order valence-electron chi connectivity index (χ4n) is 4.17. The van der Waals surface area contributed by atoms with E-state index in [-0.39, 0.29) is 17.8 Å². The van der Waals surface area contributed by atoms with Crippen molar-refractivity contribution in [2.75, 3.05) is 67.6 Å². The predicted octanol–water partition coefficient (Wildman–Crippen LogP) is 2.68. The second-order valence-electron chi connectivity index (χ2n) is 8.11. The topological polar surface area (TPSA) is 71.8 Å². The van der Waals surface area contributed by atoms with E-state index in [4.69, 9.17) is 10.00 Å². The molecule has 32 heavy (non-hydrogen) atoms. The van der Waals surface area contributed by atoms with Crippen molar-refractivity contribution in [2.24, 2.45) is 0 Å². The van der Waals surface area contributed by atoms with E-state index in [2.05, 4.69) is 15.1 Å². The van der Waals surface area contributed by atoms with E-state index >= 15 is 0 Å². The number of nitriles is 1. The summed E-state index contributed by atoms with van der Waals surface area (Å²) < 4.78 is 19.7. The molecule has 0 saturated carbocycles. The van der Waals surface area contributed by atoms with Crippen molar-refractivity contribution in [3.63, 3.8) is 0 Å². The second-order valence-corrected chi connectivity index (χ2v) is 8.11. The number of ether oxygens (including phenoxy) is 1. The van der Waals surface area contributed by atoms with Crippen LogP contribution in [0.25, 0.3) is 0 Å². The smallest absolute Gasteiger partial charge is 0.241 e. The molecule has 0 aliphatic carbocycles. The lowest BCUT2D eigenvalue weighted by Gasteiger charge is -2.38. The molecule has 2 fully saturated rings. The van der Waals surface area contributed by atoms with Crippen LogP contribution in [0.3, 0.4) is 0 Å². The van der Waals surface area contributed by atoms with Crippen molar-refractivity contribution in [3.05, 3.63) is 53.8 Å². The minimum Gasteiger partial charge on any atom is -0.378 e. The molecule has 2 aliphatic rings. The Labute approximate surface area is 188 Å². The van der Waals surface area contributed by atoms with E-state index in [1.54, 1.807) is 12.1 Å². The molecule has 1 amide bonds. The minimum absolute atomic E-state index is 0.0536. The Balaban J connectivity index is 1.30. The summed E-state index contributed by atoms with van der Waals surface area (Å²) in [6.07, 6.45) is 0. The molecule has 2 saturated heterocycles. The Morgan fingerprint density at radius 2 is 1.72 bits per heavy atom. The molecule has 0 spiro atoms. The van der Waals surface area contributed by atoms with Crippen molar-refractivity contribution in [2.45, 2.75) is 13.0 Å². The summed E-state index contributed by atoms with van der Waals surface area (Å²) >= 11 is 0. The van der Waals surface area contributed by atoms with Gasteiger partial charge in [0.15, 0.2) is 0 Å². The SMILES string of the molecule is CC(C(=O)Nc1ccc(N2CCOCC2)cc1)N1CCN(c2ccc(C#N)cc2F)CC1. The van der Waals surface area contributed by atoms with Crippen LogP contribution >= 0.6 is 0 Å². The number of rotatable bonds is 5. The van der Waals surface area contributed by atoms with Gasteiger partial charge in [0.25, 0.3) is 0 Å². The van der Waals surface area contributed by atoms with Gasteiger partial charge in [0.05, 0.1) is 36.6 Å². The maximum absolute atomic E-state index is 14.3. The average Bonchev–Trinajstić information content (AvgIpc) is 2.84. The first kappa shape index (κ1) is 22.1. The molecular weight excluding hydrogens is 409 g/mol. The molecule has 0 aromatic heterocycles. The number of hydrogen-bond acceptors (Lipinski definition) is 6. The van der Waals surface area contributed by atoms with Gasteiger partial charge < -0.3 is 19.9 Å². The molecule has 7 nitrogen and oxygen atoms in total. The first-order valence-corrected chi connectivity index (χ1v) is 11.0. The van der Waals surface area contributed by atoms with Crippen molar-refractivity contribution in [1.29, 1.82) is 5.26 Å². The van der Waals surface area contributed by atoms with Crippen LogP contribution in [0, 0.1) is 17.1 Å². The molecule has 8 heteroatoms. The third-order valence-electron chi connectivity index (χ3n) is 6.17. The number of carbonyl (C=O) groups is 1. The summed E-state index contributed by atoms with van der Waals surface area (Å²) in [5, 5.41) is 11.9. The molecule has 2 aromatic rings. The normalized spacial score (nSPS) is 18.2. The first-order valence-electron chi connectivity index (χ1n) is 11.0. The number of nitrogens with one attached hydrogen (secondary N) is 1. The zero-order chi connectivity index (χ0) is 22.5. The van der Waals surface area contributed by atoms with Crippen LogP contribution in [0.4, 0.5) is 21.5 Å². The lowest BCUT2D eigenvalue weighted by molar-refractivity contribution is -0.120. The molecule has 1 unspecified atom stereocenters. The lowest BCUT2D eigenvalue weighted by Crippen LogP contribution is -2.53. The number of halogens is 1. The summed E-state index contributed by atoms with van der Waals surface area (Å²) in [4.78, 5) is 19.1. The predicted molar refractivity (Wildman–Crippen MR) is 122 cm³/mol. The number of carbonyl (C=O) groups excluding carboxylic acids is 1. The average molecular weight is 438 g/mol. The number of piperazine rings is 1. The molecule has 2 heterocycles. The molecule has 1 N–H and O–H groups in total. The largest absolute Gasteiger partial charge is 0.378 e. The van der Waals surface area contributed by atoms with E-state index in [0.29, 0.717) is 37.4 Å². The van der Waals surface area contributed by atoms with Gasteiger partial charge in [0, 0.05) is 50.6 Å². The van der Waals surface area contributed by atoms with Gasteiger partial charge in [-0.3, -0.25) is 9.69 Å². The Bertz CT molecular complexity index is 977. The summed E-state index contributed by atoms with van der Waals surface area (Å²) in [6, 6.07) is 14.1. The van der Waals surface area contributed by atoms with Gasteiger partial charge >= 0.3 is 0 Å². The molecule has 0 bridgehead atoms. The highest BCUT2D eigenvalue weighted by molar-refractivity contribution is 5.94. The third-order valence-corrected chi connectivity index (χ3v) is 6.17. The van der Waals surface area contributed by atoms with Crippen molar-refractivity contribution in [1.82, 2.24) is 4.90 Å². The Morgan fingerprint density at radius 1 is 1.03 bits per heavy atom. The van der Waals surface area contributed by atoms with Crippen LogP contribution in [0.15, 0.2) is 42.5 Å². The molecule has 0 radical (unpaired) electrons. The number of benzene rings is 2. The fourth-order valence-corrected chi connectivity index (χ4v) is 4.17. The molecule has 2 aliphatic heterocycles. The van der Waals surface area contributed by atoms with Crippen LogP contribution in [0.1, 0.15) is 12.5 Å². The number of amides is 1. The quantitative estimate of drug-likeness (QED) is 0.776. The van der Waals surface area contributed by atoms with Gasteiger partial charge in [-0.1, -0.05) is 0 Å². The number of anilines is 3. The highest BCUT2D eigenvalue weighted by Crippen LogP contribution is 2.23. The van der Waals surface area contributed by atoms with Crippen molar-refractivity contribution < 1.29 is 13.9 Å². The number of hydrogen-bond donors (Lipinski definition) is 1. The molecule has 4 rings (SSSR count). The standard InChI is InChI=1S/C24H28FN5O2/c1-18(24(31)27-20-3-5-21(6-4-20)29-12-14-32-15-13-29)28-8-10-30(11-9-28)23-7-2-19(17-26)16-22(23)25/h2-7,16,18H,8-15H2,1H3,(H,27,31). The summed E-state index contributed by atoms with van der Waals surface area (Å²) in [7, 11) is 0. The molecule has 168 valence electrons. The maximum Gasteiger partial charge on any atom is 0.241 e. The van der Waals surface area contributed by atoms with E-state index in [9.17, 15) is 9.18 Å². The zero-order valence-electron chi connectivity index (χ0n) is 18.3. The van der Waals surface area contributed by atoms with E-state index in [1.165, 1.54) is 6.07 Å². The molecule has 1 atom stereocenters. The highest BCUT2D eigenvalue weighted by Gasteiger charge is 2.26. The molecule has 2 aromatic carbocycles. The molecular formula is C24H28FN5O2. The Morgan fingerprint density at radius 3 is 2.34 bits per heavy atom. The summed E-state index contributed by atoms with van der Waals surface area (Å²) in [6.45, 7) is 7.68. The Kier molecular flexibility index (Phi) is 6.88. The van der Waals surface area contributed by atoms with E-state index in [1.807, 2.05) is 42.2 Å². The Hall–Kier alpha value is -3.15. The van der Waals surface area contributed by atoms with Gasteiger partial charge in [-0.25, -0.2) is 4.39 Å². The van der Waals surface area contributed by atoms with Gasteiger partial charge in [0.2, 0.25) is 5.91 Å². The number of nitrogens with zero attached hydrogens (tertiary/aromatic N) is 4. The van der Waals surface area contributed by atoms with Crippen molar-refractivity contribution >= 4 is 23.0 Å². The van der Waals surface area contributed by atoms with Crippen LogP contribution in [-0.2, 0) is 9.53 Å². The highest BCUT2D eigenvalue weighted by atomic mass is 19.1. The monoisotopic (exact) mass is 437 g/mol. The van der Waals surface area contributed by atoms with Crippen LogP contribution in [0.2, 0.25) is 0 Å². The van der Waals surface area contributed by atoms with Gasteiger partial charge in [-0.05, 0) is 49.4 Å². The fraction of sp³-hybridized carbons (Fsp3) is 0.417. The third kappa shape index (κ3) is 5.01. The van der Waals surface area contributed by atoms with Crippen LogP contribution < -0.4 is 15.1 Å².